The Kier molecular flexibility index (Phi) is 11.1. The first kappa shape index (κ1) is 39.0. The van der Waals surface area contributed by atoms with Gasteiger partial charge in [-0.05, 0) is 82.9 Å². The lowest BCUT2D eigenvalue weighted by molar-refractivity contribution is 0.0998. The first-order valence-corrected chi connectivity index (χ1v) is 18.6. The predicted molar refractivity (Wildman–Crippen MR) is 226 cm³/mol. The lowest BCUT2D eigenvalue weighted by Crippen LogP contribution is -2.21. The summed E-state index contributed by atoms with van der Waals surface area (Å²) in [5.74, 6) is -1.90. The highest BCUT2D eigenvalue weighted by atomic mass is 16.5. The van der Waals surface area contributed by atoms with Crippen LogP contribution in [0.1, 0.15) is 59.0 Å². The molecule has 1 aliphatic rings. The molecule has 17 nitrogen and oxygen atoms in total. The fourth-order valence-corrected chi connectivity index (χ4v) is 6.50. The summed E-state index contributed by atoms with van der Waals surface area (Å²) in [6.45, 7) is 0.116. The van der Waals surface area contributed by atoms with Crippen LogP contribution in [-0.4, -0.2) is 61.2 Å². The van der Waals surface area contributed by atoms with E-state index in [4.69, 9.17) is 10.5 Å². The van der Waals surface area contributed by atoms with E-state index in [0.717, 1.165) is 22.3 Å². The number of hydrogen-bond acceptors (Lipinski definition) is 12. The van der Waals surface area contributed by atoms with Crippen molar-refractivity contribution in [3.63, 3.8) is 0 Å². The monoisotopic (exact) mass is 811 g/mol. The molecule has 300 valence electrons. The van der Waals surface area contributed by atoms with Crippen molar-refractivity contribution in [3.8, 4) is 11.1 Å². The zero-order valence-corrected chi connectivity index (χ0v) is 31.8. The van der Waals surface area contributed by atoms with Crippen LogP contribution in [0.5, 0.6) is 0 Å². The van der Waals surface area contributed by atoms with Crippen molar-refractivity contribution >= 4 is 64.6 Å². The number of carbonyl (C=O) groups excluding carboxylic acids is 5. The summed E-state index contributed by atoms with van der Waals surface area (Å²) < 4.78 is 5.62. The molecule has 0 spiro atoms. The summed E-state index contributed by atoms with van der Waals surface area (Å²) >= 11 is 0. The van der Waals surface area contributed by atoms with Gasteiger partial charge in [0, 0.05) is 5.92 Å². The number of nitrogens with zero attached hydrogens (tertiary/aromatic N) is 5. The molecule has 0 unspecified atom stereocenters. The molecule has 5 aromatic heterocycles. The van der Waals surface area contributed by atoms with Gasteiger partial charge in [0.2, 0.25) is 0 Å². The van der Waals surface area contributed by atoms with Crippen LogP contribution in [0.25, 0.3) is 11.1 Å². The molecule has 5 amide bonds. The van der Waals surface area contributed by atoms with Crippen LogP contribution in [0.15, 0.2) is 140 Å². The number of aromatic nitrogens is 5. The van der Waals surface area contributed by atoms with E-state index in [2.05, 4.69) is 63.6 Å². The molecule has 7 aromatic rings. The predicted octanol–water partition coefficient (Wildman–Crippen LogP) is 6.61. The van der Waals surface area contributed by atoms with Gasteiger partial charge in [0.15, 0.2) is 0 Å². The Morgan fingerprint density at radius 2 is 0.787 bits per heavy atom. The molecule has 2 aromatic carbocycles. The maximum absolute atomic E-state index is 13.2. The molecule has 17 heteroatoms. The smallest absolute Gasteiger partial charge is 0.412 e. The Morgan fingerprint density at radius 3 is 1.21 bits per heavy atom. The third-order valence-corrected chi connectivity index (χ3v) is 9.24. The topological polar surface area (TPSA) is 245 Å². The summed E-state index contributed by atoms with van der Waals surface area (Å²) in [5.41, 5.74) is 9.75. The van der Waals surface area contributed by atoms with Crippen LogP contribution in [0, 0.1) is 0 Å². The van der Waals surface area contributed by atoms with Crippen molar-refractivity contribution in [2.75, 3.05) is 38.9 Å². The van der Waals surface area contributed by atoms with E-state index < -0.39 is 29.7 Å². The van der Waals surface area contributed by atoms with Crippen LogP contribution in [-0.2, 0) is 4.74 Å². The second-order valence-corrected chi connectivity index (χ2v) is 13.3. The fraction of sp³-hybridized carbons (Fsp3) is 0.0455. The molecule has 0 saturated carbocycles. The number of rotatable bonds is 11. The number of benzene rings is 2. The number of hydrogen-bond donors (Lipinski definition) is 6. The lowest BCUT2D eigenvalue weighted by atomic mass is 9.98. The molecule has 61 heavy (non-hydrogen) atoms. The van der Waals surface area contributed by atoms with Gasteiger partial charge in [0.25, 0.3) is 23.6 Å². The number of pyridine rings is 5. The molecular weight excluding hydrogens is 779 g/mol. The minimum Gasteiger partial charge on any atom is -0.448 e. The standard InChI is InChI=1S/C44H33N11O6/c45-34-18-7-19-35(48-34)51-40(56)30-14-5-15-31(46-30)41(57)52-36-20-8-21-37(49-36)53-42(58)32-16-6-17-33(47-32)43(59)54-38-22-9-23-39(50-38)55-44(60)61-24-29-27-12-3-1-10-25(27)26-11-2-4-13-28(26)29/h1-23,29H,24H2,(H3,45,48,51,56)(H2,49,52,53,57,58)(H2,50,54,55,59,60). The second-order valence-electron chi connectivity index (χ2n) is 13.3. The molecule has 0 atom stereocenters. The Morgan fingerprint density at radius 1 is 0.426 bits per heavy atom. The molecule has 0 aliphatic heterocycles. The SMILES string of the molecule is Nc1cccc(NC(=O)c2cccc(C(=O)Nc3cccc(NC(=O)c4cccc(C(=O)Nc5cccc(NC(=O)OCC6c7ccccc7-c7ccccc76)n5)n4)n3)n2)n1. The quantitative estimate of drug-likeness (QED) is 0.0808. The van der Waals surface area contributed by atoms with Crippen LogP contribution in [0.2, 0.25) is 0 Å². The number of nitrogen functional groups attached to an aromatic ring is 1. The highest BCUT2D eigenvalue weighted by Crippen LogP contribution is 2.44. The zero-order valence-electron chi connectivity index (χ0n) is 31.8. The van der Waals surface area contributed by atoms with E-state index in [0.29, 0.717) is 0 Å². The lowest BCUT2D eigenvalue weighted by Gasteiger charge is -2.14. The summed E-state index contributed by atoms with van der Waals surface area (Å²) in [6, 6.07) is 38.7. The average Bonchev–Trinajstić information content (AvgIpc) is 3.59. The number of fused-ring (bicyclic) bond motifs is 3. The van der Waals surface area contributed by atoms with Gasteiger partial charge in [-0.1, -0.05) is 78.9 Å². The number of anilines is 6. The van der Waals surface area contributed by atoms with Gasteiger partial charge in [0.1, 0.15) is 64.3 Å². The fourth-order valence-electron chi connectivity index (χ4n) is 6.50. The van der Waals surface area contributed by atoms with E-state index in [1.54, 1.807) is 36.4 Å². The van der Waals surface area contributed by atoms with Crippen LogP contribution >= 0.6 is 0 Å². The van der Waals surface area contributed by atoms with Crippen molar-refractivity contribution < 1.29 is 28.7 Å². The molecule has 1 aliphatic carbocycles. The van der Waals surface area contributed by atoms with Crippen LogP contribution < -0.4 is 32.3 Å². The normalized spacial score (nSPS) is 11.3. The number of carbonyl (C=O) groups is 5. The third kappa shape index (κ3) is 9.16. The van der Waals surface area contributed by atoms with Gasteiger partial charge in [-0.3, -0.25) is 24.5 Å². The summed E-state index contributed by atoms with van der Waals surface area (Å²) in [5, 5.41) is 13.0. The largest absolute Gasteiger partial charge is 0.448 e. The Labute approximate surface area is 346 Å². The molecule has 5 heterocycles. The molecule has 0 bridgehead atoms. The molecule has 0 fully saturated rings. The third-order valence-electron chi connectivity index (χ3n) is 9.24. The number of nitrogens with one attached hydrogen (secondary N) is 5. The molecule has 0 radical (unpaired) electrons. The molecular formula is C44H33N11O6. The van der Waals surface area contributed by atoms with Gasteiger partial charge in [-0.2, -0.15) is 0 Å². The minimum absolute atomic E-state index is 0.0397. The van der Waals surface area contributed by atoms with Crippen LogP contribution in [0.3, 0.4) is 0 Å². The van der Waals surface area contributed by atoms with E-state index in [9.17, 15) is 24.0 Å². The summed E-state index contributed by atoms with van der Waals surface area (Å²) in [4.78, 5) is 86.0. The van der Waals surface area contributed by atoms with Crippen molar-refractivity contribution in [3.05, 3.63) is 173 Å². The van der Waals surface area contributed by atoms with Gasteiger partial charge in [-0.25, -0.2) is 29.7 Å². The number of ether oxygens (including phenoxy) is 1. The number of amides is 5. The van der Waals surface area contributed by atoms with E-state index in [1.165, 1.54) is 54.6 Å². The summed E-state index contributed by atoms with van der Waals surface area (Å²) in [6.07, 6.45) is -0.710. The highest BCUT2D eigenvalue weighted by Gasteiger charge is 2.29. The average molecular weight is 812 g/mol. The Balaban J connectivity index is 0.849. The Hall–Kier alpha value is -8.86. The maximum Gasteiger partial charge on any atom is 0.412 e. The highest BCUT2D eigenvalue weighted by molar-refractivity contribution is 6.07. The minimum atomic E-state index is -0.710. The molecule has 0 saturated heterocycles. The zero-order chi connectivity index (χ0) is 42.3. The van der Waals surface area contributed by atoms with Crippen molar-refractivity contribution in [2.45, 2.75) is 5.92 Å². The first-order valence-electron chi connectivity index (χ1n) is 18.6. The number of nitrogens with two attached hydrogens (primary N) is 1. The maximum atomic E-state index is 13.2. The second kappa shape index (κ2) is 17.3. The van der Waals surface area contributed by atoms with Gasteiger partial charge in [-0.15, -0.1) is 0 Å². The molecule has 7 N–H and O–H groups in total. The van der Waals surface area contributed by atoms with E-state index in [-0.39, 0.29) is 70.2 Å². The van der Waals surface area contributed by atoms with Crippen molar-refractivity contribution in [2.24, 2.45) is 0 Å². The van der Waals surface area contributed by atoms with E-state index >= 15 is 0 Å². The Bertz CT molecular complexity index is 2810. The first-order chi connectivity index (χ1) is 29.7. The van der Waals surface area contributed by atoms with Gasteiger partial charge < -0.3 is 31.7 Å². The molecule has 8 rings (SSSR count). The van der Waals surface area contributed by atoms with Gasteiger partial charge >= 0.3 is 6.09 Å². The van der Waals surface area contributed by atoms with Crippen LogP contribution in [0.4, 0.5) is 39.7 Å². The van der Waals surface area contributed by atoms with E-state index in [1.807, 2.05) is 36.4 Å². The van der Waals surface area contributed by atoms with Crippen molar-refractivity contribution in [1.29, 1.82) is 0 Å². The summed E-state index contributed by atoms with van der Waals surface area (Å²) in [7, 11) is 0. The van der Waals surface area contributed by atoms with Crippen molar-refractivity contribution in [1.82, 2.24) is 24.9 Å². The van der Waals surface area contributed by atoms with Gasteiger partial charge in [0.05, 0.1) is 0 Å².